The van der Waals surface area contributed by atoms with Crippen LogP contribution >= 0.6 is 0 Å². The molecular weight excluding hydrogens is 339 g/mol. The number of alkyl halides is 3. The summed E-state index contributed by atoms with van der Waals surface area (Å²) in [5.74, 6) is 1.39. The molecule has 2 atom stereocenters. The van der Waals surface area contributed by atoms with Crippen molar-refractivity contribution in [3.05, 3.63) is 36.0 Å². The lowest BCUT2D eigenvalue weighted by molar-refractivity contribution is -0.136. The number of hydrogen-bond donors (Lipinski definition) is 0. The van der Waals surface area contributed by atoms with E-state index < -0.39 is 11.7 Å². The minimum atomic E-state index is -4.39. The van der Waals surface area contributed by atoms with Crippen LogP contribution in [-0.4, -0.2) is 43.1 Å². The van der Waals surface area contributed by atoms with Crippen LogP contribution in [0, 0.1) is 11.8 Å². The van der Waals surface area contributed by atoms with E-state index in [1.54, 1.807) is 18.2 Å². The standard InChI is InChI=1S/C20H24F3N3/c1-25(2)15-10-14(13-5-6-13)11-26(12-15)18-8-7-17(20(21,22)23)19-16(18)4-3-9-24-19/h3-4,7-9,13-15H,5-6,10-12H2,1-2H3. The topological polar surface area (TPSA) is 19.4 Å². The van der Waals surface area contributed by atoms with E-state index in [0.29, 0.717) is 17.3 Å². The van der Waals surface area contributed by atoms with E-state index in [2.05, 4.69) is 28.9 Å². The molecule has 2 aliphatic rings. The molecule has 1 aliphatic heterocycles. The minimum Gasteiger partial charge on any atom is -0.369 e. The number of benzene rings is 1. The first-order valence-electron chi connectivity index (χ1n) is 9.21. The van der Waals surface area contributed by atoms with Gasteiger partial charge >= 0.3 is 6.18 Å². The van der Waals surface area contributed by atoms with E-state index in [9.17, 15) is 13.2 Å². The van der Waals surface area contributed by atoms with Crippen LogP contribution in [0.3, 0.4) is 0 Å². The maximum absolute atomic E-state index is 13.4. The number of pyridine rings is 1. The van der Waals surface area contributed by atoms with Gasteiger partial charge in [-0.2, -0.15) is 13.2 Å². The van der Waals surface area contributed by atoms with Crippen LogP contribution in [0.15, 0.2) is 30.5 Å². The molecule has 1 aromatic heterocycles. The summed E-state index contributed by atoms with van der Waals surface area (Å²) in [5, 5.41) is 0.594. The van der Waals surface area contributed by atoms with Crippen LogP contribution in [0.4, 0.5) is 18.9 Å². The van der Waals surface area contributed by atoms with Gasteiger partial charge in [0, 0.05) is 36.4 Å². The molecule has 3 nitrogen and oxygen atoms in total. The fourth-order valence-electron chi connectivity index (χ4n) is 4.25. The van der Waals surface area contributed by atoms with Crippen molar-refractivity contribution in [2.24, 2.45) is 11.8 Å². The third-order valence-corrected chi connectivity index (χ3v) is 5.87. The molecule has 26 heavy (non-hydrogen) atoms. The first-order chi connectivity index (χ1) is 12.3. The Kier molecular flexibility index (Phi) is 4.34. The second kappa shape index (κ2) is 6.41. The average Bonchev–Trinajstić information content (AvgIpc) is 3.44. The molecule has 2 aromatic rings. The summed E-state index contributed by atoms with van der Waals surface area (Å²) in [5.41, 5.74) is 0.266. The highest BCUT2D eigenvalue weighted by Gasteiger charge is 2.39. The third kappa shape index (κ3) is 3.27. The van der Waals surface area contributed by atoms with Crippen molar-refractivity contribution in [1.29, 1.82) is 0 Å². The molecule has 6 heteroatoms. The zero-order valence-corrected chi connectivity index (χ0v) is 15.1. The number of rotatable bonds is 3. The van der Waals surface area contributed by atoms with Crippen molar-refractivity contribution in [3.8, 4) is 0 Å². The molecule has 1 saturated carbocycles. The second-order valence-electron chi connectivity index (χ2n) is 7.89. The predicted octanol–water partition coefficient (Wildman–Crippen LogP) is 4.42. The van der Waals surface area contributed by atoms with Gasteiger partial charge in [-0.3, -0.25) is 4.98 Å². The largest absolute Gasteiger partial charge is 0.418 e. The SMILES string of the molecule is CN(C)C1CC(C2CC2)CN(c2ccc(C(F)(F)F)c3ncccc23)C1. The van der Waals surface area contributed by atoms with E-state index in [0.717, 1.165) is 24.7 Å². The highest BCUT2D eigenvalue weighted by atomic mass is 19.4. The molecule has 2 fully saturated rings. The Bertz CT molecular complexity index is 788. The van der Waals surface area contributed by atoms with Crippen LogP contribution in [0.25, 0.3) is 10.9 Å². The van der Waals surface area contributed by atoms with Gasteiger partial charge in [-0.25, -0.2) is 0 Å². The molecule has 0 N–H and O–H groups in total. The third-order valence-electron chi connectivity index (χ3n) is 5.87. The second-order valence-corrected chi connectivity index (χ2v) is 7.89. The van der Waals surface area contributed by atoms with Crippen LogP contribution in [0.5, 0.6) is 0 Å². The number of piperidine rings is 1. The summed E-state index contributed by atoms with van der Waals surface area (Å²) in [4.78, 5) is 8.59. The lowest BCUT2D eigenvalue weighted by Gasteiger charge is -2.42. The summed E-state index contributed by atoms with van der Waals surface area (Å²) >= 11 is 0. The normalized spacial score (nSPS) is 24.5. The van der Waals surface area contributed by atoms with E-state index in [-0.39, 0.29) is 5.52 Å². The Morgan fingerprint density at radius 3 is 2.50 bits per heavy atom. The van der Waals surface area contributed by atoms with Gasteiger partial charge in [0.1, 0.15) is 0 Å². The van der Waals surface area contributed by atoms with E-state index >= 15 is 0 Å². The maximum Gasteiger partial charge on any atom is 0.418 e. The summed E-state index contributed by atoms with van der Waals surface area (Å²) in [6.07, 6.45) is 0.788. The molecule has 2 unspecified atom stereocenters. The van der Waals surface area contributed by atoms with Crippen LogP contribution in [-0.2, 0) is 6.18 Å². The summed E-state index contributed by atoms with van der Waals surface area (Å²) in [6, 6.07) is 6.73. The quantitative estimate of drug-likeness (QED) is 0.805. The van der Waals surface area contributed by atoms with Gasteiger partial charge in [-0.1, -0.05) is 0 Å². The van der Waals surface area contributed by atoms with Crippen molar-refractivity contribution < 1.29 is 13.2 Å². The van der Waals surface area contributed by atoms with Gasteiger partial charge in [0.2, 0.25) is 0 Å². The van der Waals surface area contributed by atoms with Crippen LogP contribution < -0.4 is 4.90 Å². The fourth-order valence-corrected chi connectivity index (χ4v) is 4.25. The first kappa shape index (κ1) is 17.6. The van der Waals surface area contributed by atoms with Gasteiger partial charge in [-0.15, -0.1) is 0 Å². The average molecular weight is 363 g/mol. The molecular formula is C20H24F3N3. The number of hydrogen-bond acceptors (Lipinski definition) is 3. The lowest BCUT2D eigenvalue weighted by atomic mass is 9.89. The highest BCUT2D eigenvalue weighted by molar-refractivity contribution is 5.94. The Labute approximate surface area is 151 Å². The lowest BCUT2D eigenvalue weighted by Crippen LogP contribution is -2.49. The molecule has 1 saturated heterocycles. The summed E-state index contributed by atoms with van der Waals surface area (Å²) in [7, 11) is 4.18. The molecule has 0 amide bonds. The molecule has 140 valence electrons. The monoisotopic (exact) mass is 363 g/mol. The molecule has 4 rings (SSSR count). The number of halogens is 3. The van der Waals surface area contributed by atoms with Crippen molar-refractivity contribution in [2.45, 2.75) is 31.5 Å². The zero-order valence-electron chi connectivity index (χ0n) is 15.1. The Morgan fingerprint density at radius 2 is 1.85 bits per heavy atom. The first-order valence-corrected chi connectivity index (χ1v) is 9.21. The zero-order chi connectivity index (χ0) is 18.5. The molecule has 2 heterocycles. The number of nitrogens with zero attached hydrogens (tertiary/aromatic N) is 3. The van der Waals surface area contributed by atoms with Gasteiger partial charge in [-0.05, 0) is 69.5 Å². The summed E-state index contributed by atoms with van der Waals surface area (Å²) < 4.78 is 40.1. The van der Waals surface area contributed by atoms with Crippen LogP contribution in [0.2, 0.25) is 0 Å². The Balaban J connectivity index is 1.76. The van der Waals surface area contributed by atoms with E-state index in [4.69, 9.17) is 0 Å². The van der Waals surface area contributed by atoms with Gasteiger partial charge in [0.15, 0.2) is 0 Å². The van der Waals surface area contributed by atoms with Gasteiger partial charge in [0.05, 0.1) is 11.1 Å². The van der Waals surface area contributed by atoms with Crippen molar-refractivity contribution in [3.63, 3.8) is 0 Å². The number of fused-ring (bicyclic) bond motifs is 1. The number of anilines is 1. The summed E-state index contributed by atoms with van der Waals surface area (Å²) in [6.45, 7) is 1.76. The molecule has 0 spiro atoms. The highest BCUT2D eigenvalue weighted by Crippen LogP contribution is 2.44. The smallest absolute Gasteiger partial charge is 0.369 e. The van der Waals surface area contributed by atoms with Gasteiger partial charge < -0.3 is 9.80 Å². The Morgan fingerprint density at radius 1 is 1.08 bits per heavy atom. The minimum absolute atomic E-state index is 0.0486. The molecule has 0 radical (unpaired) electrons. The van der Waals surface area contributed by atoms with Crippen molar-refractivity contribution in [1.82, 2.24) is 9.88 Å². The Hall–Kier alpha value is -1.82. The van der Waals surface area contributed by atoms with E-state index in [1.165, 1.54) is 31.5 Å². The molecule has 1 aromatic carbocycles. The van der Waals surface area contributed by atoms with Crippen molar-refractivity contribution >= 4 is 16.6 Å². The molecule has 0 bridgehead atoms. The number of likely N-dealkylation sites (N-methyl/N-ethyl adjacent to an activating group) is 1. The van der Waals surface area contributed by atoms with Gasteiger partial charge in [0.25, 0.3) is 0 Å². The predicted molar refractivity (Wildman–Crippen MR) is 97.3 cm³/mol. The molecule has 1 aliphatic carbocycles. The van der Waals surface area contributed by atoms with Crippen molar-refractivity contribution in [2.75, 3.05) is 32.1 Å². The number of aromatic nitrogens is 1. The van der Waals surface area contributed by atoms with Crippen LogP contribution in [0.1, 0.15) is 24.8 Å². The maximum atomic E-state index is 13.4. The fraction of sp³-hybridized carbons (Fsp3) is 0.550. The van der Waals surface area contributed by atoms with E-state index in [1.807, 2.05) is 0 Å².